The van der Waals surface area contributed by atoms with Gasteiger partial charge in [0.15, 0.2) is 0 Å². The first kappa shape index (κ1) is 13.8. The summed E-state index contributed by atoms with van der Waals surface area (Å²) < 4.78 is 5.12. The molecule has 20 heavy (non-hydrogen) atoms. The van der Waals surface area contributed by atoms with E-state index in [1.165, 1.54) is 5.56 Å². The first-order chi connectivity index (χ1) is 9.69. The van der Waals surface area contributed by atoms with E-state index < -0.39 is 6.09 Å². The summed E-state index contributed by atoms with van der Waals surface area (Å²) >= 11 is 0. The third-order valence-electron chi connectivity index (χ3n) is 2.83. The number of carbonyl (C=O) groups is 1. The van der Waals surface area contributed by atoms with Crippen LogP contribution in [0.3, 0.4) is 0 Å². The van der Waals surface area contributed by atoms with Crippen LogP contribution in [0.2, 0.25) is 0 Å². The summed E-state index contributed by atoms with van der Waals surface area (Å²) in [5.41, 5.74) is 1.81. The highest BCUT2D eigenvalue weighted by atomic mass is 16.6. The topological polar surface area (TPSA) is 62.2 Å². The second-order valence-corrected chi connectivity index (χ2v) is 4.25. The van der Waals surface area contributed by atoms with Crippen molar-refractivity contribution in [3.05, 3.63) is 65.7 Å². The molecule has 2 aromatic carbocycles. The number of hydrogen-bond donors (Lipinski definition) is 2. The standard InChI is InChI=1S/C16H16N2O2/c1-2-12-8-10-14(11-9-12)20-16(19)18-15(17)13-6-4-3-5-7-13/h3-11H,2H2,1H3,(H2,17,18,19). The molecule has 0 heterocycles. The van der Waals surface area contributed by atoms with Crippen LogP contribution in [0.4, 0.5) is 4.79 Å². The largest absolute Gasteiger partial charge is 0.418 e. The van der Waals surface area contributed by atoms with Crippen molar-refractivity contribution in [1.29, 1.82) is 5.41 Å². The van der Waals surface area contributed by atoms with E-state index in [0.717, 1.165) is 6.42 Å². The van der Waals surface area contributed by atoms with Gasteiger partial charge in [0.25, 0.3) is 0 Å². The number of benzene rings is 2. The zero-order valence-electron chi connectivity index (χ0n) is 11.2. The molecule has 0 saturated carbocycles. The summed E-state index contributed by atoms with van der Waals surface area (Å²) in [5, 5.41) is 10.2. The first-order valence-corrected chi connectivity index (χ1v) is 6.41. The van der Waals surface area contributed by atoms with Crippen molar-refractivity contribution in [3.8, 4) is 5.75 Å². The number of aryl methyl sites for hydroxylation is 1. The molecule has 0 fully saturated rings. The van der Waals surface area contributed by atoms with Gasteiger partial charge in [-0.25, -0.2) is 4.79 Å². The van der Waals surface area contributed by atoms with Crippen LogP contribution in [-0.2, 0) is 6.42 Å². The number of amides is 1. The van der Waals surface area contributed by atoms with Crippen LogP contribution >= 0.6 is 0 Å². The number of hydrogen-bond acceptors (Lipinski definition) is 3. The Balaban J connectivity index is 1.93. The van der Waals surface area contributed by atoms with E-state index in [9.17, 15) is 4.79 Å². The van der Waals surface area contributed by atoms with Gasteiger partial charge in [0.1, 0.15) is 11.6 Å². The van der Waals surface area contributed by atoms with Crippen LogP contribution in [0.1, 0.15) is 18.1 Å². The highest BCUT2D eigenvalue weighted by molar-refractivity contribution is 6.04. The molecule has 0 aliphatic carbocycles. The fourth-order valence-electron chi connectivity index (χ4n) is 1.70. The summed E-state index contributed by atoms with van der Waals surface area (Å²) in [6.07, 6.45) is 0.272. The zero-order chi connectivity index (χ0) is 14.4. The predicted molar refractivity (Wildman–Crippen MR) is 78.3 cm³/mol. The van der Waals surface area contributed by atoms with Gasteiger partial charge < -0.3 is 4.74 Å². The lowest BCUT2D eigenvalue weighted by Crippen LogP contribution is -2.32. The number of nitrogens with one attached hydrogen (secondary N) is 2. The van der Waals surface area contributed by atoms with Gasteiger partial charge in [0.05, 0.1) is 0 Å². The van der Waals surface area contributed by atoms with E-state index in [0.29, 0.717) is 11.3 Å². The van der Waals surface area contributed by atoms with Crippen LogP contribution in [0.25, 0.3) is 0 Å². The number of rotatable bonds is 3. The van der Waals surface area contributed by atoms with Crippen molar-refractivity contribution in [1.82, 2.24) is 5.32 Å². The molecule has 2 N–H and O–H groups in total. The van der Waals surface area contributed by atoms with Crippen molar-refractivity contribution in [3.63, 3.8) is 0 Å². The summed E-state index contributed by atoms with van der Waals surface area (Å²) in [4.78, 5) is 11.7. The molecule has 0 radical (unpaired) electrons. The van der Waals surface area contributed by atoms with E-state index in [2.05, 4.69) is 12.2 Å². The lowest BCUT2D eigenvalue weighted by atomic mass is 10.2. The van der Waals surface area contributed by atoms with Crippen LogP contribution in [0.5, 0.6) is 5.75 Å². The van der Waals surface area contributed by atoms with Gasteiger partial charge in [-0.05, 0) is 24.1 Å². The molecule has 0 unspecified atom stereocenters. The molecule has 0 aliphatic heterocycles. The van der Waals surface area contributed by atoms with Crippen LogP contribution in [0.15, 0.2) is 54.6 Å². The third kappa shape index (κ3) is 3.68. The monoisotopic (exact) mass is 268 g/mol. The first-order valence-electron chi connectivity index (χ1n) is 6.41. The molecule has 0 spiro atoms. The minimum Gasteiger partial charge on any atom is -0.410 e. The maximum Gasteiger partial charge on any atom is 0.418 e. The molecule has 0 atom stereocenters. The molecule has 0 aliphatic rings. The molecule has 2 aromatic rings. The van der Waals surface area contributed by atoms with Crippen molar-refractivity contribution in [2.24, 2.45) is 0 Å². The Morgan fingerprint density at radius 1 is 1.10 bits per heavy atom. The molecule has 4 heteroatoms. The van der Waals surface area contributed by atoms with Crippen molar-refractivity contribution in [2.75, 3.05) is 0 Å². The maximum atomic E-state index is 11.7. The molecule has 0 saturated heterocycles. The second kappa shape index (κ2) is 6.52. The average Bonchev–Trinajstić information content (AvgIpc) is 2.49. The van der Waals surface area contributed by atoms with E-state index in [1.807, 2.05) is 18.2 Å². The summed E-state index contributed by atoms with van der Waals surface area (Å²) in [5.74, 6) is 0.473. The fourth-order valence-corrected chi connectivity index (χ4v) is 1.70. The van der Waals surface area contributed by atoms with Crippen LogP contribution < -0.4 is 10.1 Å². The lowest BCUT2D eigenvalue weighted by molar-refractivity contribution is 0.206. The molecule has 4 nitrogen and oxygen atoms in total. The Hall–Kier alpha value is -2.62. The van der Waals surface area contributed by atoms with Crippen molar-refractivity contribution >= 4 is 11.9 Å². The van der Waals surface area contributed by atoms with E-state index in [4.69, 9.17) is 10.1 Å². The maximum absolute atomic E-state index is 11.7. The second-order valence-electron chi connectivity index (χ2n) is 4.25. The number of carbonyl (C=O) groups excluding carboxylic acids is 1. The lowest BCUT2D eigenvalue weighted by Gasteiger charge is -2.08. The minimum atomic E-state index is -0.664. The van der Waals surface area contributed by atoms with Crippen molar-refractivity contribution < 1.29 is 9.53 Å². The van der Waals surface area contributed by atoms with Crippen LogP contribution in [0, 0.1) is 5.41 Å². The zero-order valence-corrected chi connectivity index (χ0v) is 11.2. The highest BCUT2D eigenvalue weighted by Gasteiger charge is 2.08. The highest BCUT2D eigenvalue weighted by Crippen LogP contribution is 2.12. The average molecular weight is 268 g/mol. The fraction of sp³-hybridized carbons (Fsp3) is 0.125. The molecule has 102 valence electrons. The Bertz CT molecular complexity index is 592. The Labute approximate surface area is 117 Å². The molecule has 2 rings (SSSR count). The number of amidine groups is 1. The third-order valence-corrected chi connectivity index (χ3v) is 2.83. The smallest absolute Gasteiger partial charge is 0.410 e. The predicted octanol–water partition coefficient (Wildman–Crippen LogP) is 3.36. The molecule has 0 bridgehead atoms. The van der Waals surface area contributed by atoms with E-state index >= 15 is 0 Å². The van der Waals surface area contributed by atoms with Gasteiger partial charge in [-0.1, -0.05) is 49.4 Å². The van der Waals surface area contributed by atoms with Crippen molar-refractivity contribution in [2.45, 2.75) is 13.3 Å². The van der Waals surface area contributed by atoms with Gasteiger partial charge >= 0.3 is 6.09 Å². The molecular formula is C16H16N2O2. The SMILES string of the molecule is CCc1ccc(OC(=O)NC(=N)c2ccccc2)cc1. The minimum absolute atomic E-state index is 0.0146. The summed E-state index contributed by atoms with van der Waals surface area (Å²) in [6, 6.07) is 16.3. The van der Waals surface area contributed by atoms with Gasteiger partial charge in [0.2, 0.25) is 0 Å². The Morgan fingerprint density at radius 2 is 1.75 bits per heavy atom. The summed E-state index contributed by atoms with van der Waals surface area (Å²) in [6.45, 7) is 2.06. The summed E-state index contributed by atoms with van der Waals surface area (Å²) in [7, 11) is 0. The van der Waals surface area contributed by atoms with Gasteiger partial charge in [-0.15, -0.1) is 0 Å². The molecule has 0 aromatic heterocycles. The van der Waals surface area contributed by atoms with Crippen LogP contribution in [-0.4, -0.2) is 11.9 Å². The van der Waals surface area contributed by atoms with E-state index in [1.54, 1.807) is 36.4 Å². The molecule has 1 amide bonds. The Kier molecular flexibility index (Phi) is 4.50. The molecular weight excluding hydrogens is 252 g/mol. The van der Waals surface area contributed by atoms with Gasteiger partial charge in [-0.3, -0.25) is 10.7 Å². The Morgan fingerprint density at radius 3 is 2.35 bits per heavy atom. The van der Waals surface area contributed by atoms with Gasteiger partial charge in [0, 0.05) is 5.56 Å². The quantitative estimate of drug-likeness (QED) is 0.662. The number of ether oxygens (including phenoxy) is 1. The van der Waals surface area contributed by atoms with Gasteiger partial charge in [-0.2, -0.15) is 0 Å². The normalized spacial score (nSPS) is 9.85. The van der Waals surface area contributed by atoms with E-state index in [-0.39, 0.29) is 5.84 Å².